The Kier molecular flexibility index (Phi) is 4.90. The first-order chi connectivity index (χ1) is 12.0. The summed E-state index contributed by atoms with van der Waals surface area (Å²) in [5, 5.41) is 1.32. The molecule has 0 unspecified atom stereocenters. The normalized spacial score (nSPS) is 11.2. The first-order valence-corrected chi connectivity index (χ1v) is 8.98. The Balaban J connectivity index is 1.93. The molecule has 1 aromatic heterocycles. The molecule has 0 aliphatic heterocycles. The van der Waals surface area contributed by atoms with Gasteiger partial charge in [-0.25, -0.2) is 4.98 Å². The van der Waals surface area contributed by atoms with Gasteiger partial charge in [-0.15, -0.1) is 0 Å². The number of amides is 1. The van der Waals surface area contributed by atoms with Crippen molar-refractivity contribution in [3.05, 3.63) is 70.0 Å². The zero-order valence-electron chi connectivity index (χ0n) is 14.1. The third kappa shape index (κ3) is 3.58. The molecule has 6 heteroatoms. The molecule has 2 N–H and O–H groups in total. The Hall–Kier alpha value is -2.60. The predicted octanol–water partition coefficient (Wildman–Crippen LogP) is 3.37. The highest BCUT2D eigenvalue weighted by Crippen LogP contribution is 2.24. The number of aromatic nitrogens is 2. The van der Waals surface area contributed by atoms with E-state index in [-0.39, 0.29) is 11.6 Å². The van der Waals surface area contributed by atoms with Crippen LogP contribution >= 0.6 is 11.8 Å². The lowest BCUT2D eigenvalue weighted by molar-refractivity contribution is 0.100. The molecule has 0 saturated carbocycles. The summed E-state index contributed by atoms with van der Waals surface area (Å²) in [5.41, 5.74) is 7.46. The summed E-state index contributed by atoms with van der Waals surface area (Å²) in [6, 6.07) is 14.6. The molecule has 0 spiro atoms. The highest BCUT2D eigenvalue weighted by molar-refractivity contribution is 7.98. The van der Waals surface area contributed by atoms with Crippen molar-refractivity contribution in [1.29, 1.82) is 0 Å². The van der Waals surface area contributed by atoms with Crippen molar-refractivity contribution < 1.29 is 4.79 Å². The van der Waals surface area contributed by atoms with Gasteiger partial charge in [0.25, 0.3) is 5.56 Å². The van der Waals surface area contributed by atoms with Crippen molar-refractivity contribution in [3.8, 4) is 0 Å². The van der Waals surface area contributed by atoms with Gasteiger partial charge in [-0.05, 0) is 43.7 Å². The number of para-hydroxylation sites is 1. The SMILES string of the molecule is CC(C)n1c(SCc2ccc(C(N)=O)cc2)nc2ccccc2c1=O. The number of fused-ring (bicyclic) bond motifs is 1. The van der Waals surface area contributed by atoms with E-state index in [1.54, 1.807) is 22.8 Å². The number of thioether (sulfide) groups is 1. The number of nitrogens with zero attached hydrogens (tertiary/aromatic N) is 2. The Morgan fingerprint density at radius 2 is 1.84 bits per heavy atom. The van der Waals surface area contributed by atoms with Crippen LogP contribution in [0.5, 0.6) is 0 Å². The molecule has 0 bridgehead atoms. The predicted molar refractivity (Wildman–Crippen MR) is 101 cm³/mol. The molecule has 0 aliphatic rings. The Bertz CT molecular complexity index is 978. The molecule has 0 aliphatic carbocycles. The number of carbonyl (C=O) groups is 1. The molecular weight excluding hydrogens is 334 g/mol. The lowest BCUT2D eigenvalue weighted by Gasteiger charge is -2.16. The van der Waals surface area contributed by atoms with Gasteiger partial charge in [0, 0.05) is 17.4 Å². The molecule has 0 radical (unpaired) electrons. The monoisotopic (exact) mass is 353 g/mol. The first kappa shape index (κ1) is 17.2. The topological polar surface area (TPSA) is 78.0 Å². The number of hydrogen-bond donors (Lipinski definition) is 1. The summed E-state index contributed by atoms with van der Waals surface area (Å²) >= 11 is 1.51. The van der Waals surface area contributed by atoms with E-state index in [1.807, 2.05) is 44.2 Å². The zero-order chi connectivity index (χ0) is 18.0. The van der Waals surface area contributed by atoms with E-state index in [0.29, 0.717) is 27.4 Å². The summed E-state index contributed by atoms with van der Waals surface area (Å²) in [6.07, 6.45) is 0. The Morgan fingerprint density at radius 1 is 1.16 bits per heavy atom. The van der Waals surface area contributed by atoms with Crippen LogP contribution in [0.15, 0.2) is 58.5 Å². The maximum atomic E-state index is 12.8. The lowest BCUT2D eigenvalue weighted by Crippen LogP contribution is -2.25. The summed E-state index contributed by atoms with van der Waals surface area (Å²) < 4.78 is 1.73. The van der Waals surface area contributed by atoms with Crippen LogP contribution in [0.4, 0.5) is 0 Å². The Morgan fingerprint density at radius 3 is 2.48 bits per heavy atom. The molecule has 2 aromatic carbocycles. The fraction of sp³-hybridized carbons (Fsp3) is 0.211. The molecule has 3 rings (SSSR count). The highest BCUT2D eigenvalue weighted by Gasteiger charge is 2.14. The molecule has 0 fully saturated rings. The number of nitrogens with two attached hydrogens (primary N) is 1. The van der Waals surface area contributed by atoms with Crippen LogP contribution in [-0.2, 0) is 5.75 Å². The van der Waals surface area contributed by atoms with E-state index < -0.39 is 5.91 Å². The minimum atomic E-state index is -0.441. The van der Waals surface area contributed by atoms with Gasteiger partial charge in [0.1, 0.15) is 0 Å². The van der Waals surface area contributed by atoms with E-state index in [1.165, 1.54) is 11.8 Å². The first-order valence-electron chi connectivity index (χ1n) is 8.00. The highest BCUT2D eigenvalue weighted by atomic mass is 32.2. The third-order valence-corrected chi connectivity index (χ3v) is 4.92. The number of carbonyl (C=O) groups excluding carboxylic acids is 1. The van der Waals surface area contributed by atoms with Gasteiger partial charge in [0.15, 0.2) is 5.16 Å². The van der Waals surface area contributed by atoms with Crippen LogP contribution in [0, 0.1) is 0 Å². The van der Waals surface area contributed by atoms with E-state index in [9.17, 15) is 9.59 Å². The van der Waals surface area contributed by atoms with E-state index >= 15 is 0 Å². The van der Waals surface area contributed by atoms with Crippen molar-refractivity contribution in [2.24, 2.45) is 5.73 Å². The molecule has 128 valence electrons. The van der Waals surface area contributed by atoms with E-state index in [0.717, 1.165) is 5.56 Å². The fourth-order valence-corrected chi connectivity index (χ4v) is 3.68. The van der Waals surface area contributed by atoms with Crippen molar-refractivity contribution in [1.82, 2.24) is 9.55 Å². The number of benzene rings is 2. The molecular formula is C19H19N3O2S. The number of primary amides is 1. The van der Waals surface area contributed by atoms with Crippen LogP contribution in [-0.4, -0.2) is 15.5 Å². The average molecular weight is 353 g/mol. The van der Waals surface area contributed by atoms with Crippen molar-refractivity contribution in [2.45, 2.75) is 30.8 Å². The van der Waals surface area contributed by atoms with Gasteiger partial charge >= 0.3 is 0 Å². The second-order valence-corrected chi connectivity index (χ2v) is 6.97. The van der Waals surface area contributed by atoms with Crippen molar-refractivity contribution in [3.63, 3.8) is 0 Å². The van der Waals surface area contributed by atoms with Crippen molar-refractivity contribution >= 4 is 28.6 Å². The third-order valence-electron chi connectivity index (χ3n) is 3.90. The Labute approximate surface area is 149 Å². The van der Waals surface area contributed by atoms with Crippen LogP contribution in [0.2, 0.25) is 0 Å². The van der Waals surface area contributed by atoms with Crippen molar-refractivity contribution in [2.75, 3.05) is 0 Å². The van der Waals surface area contributed by atoms with Gasteiger partial charge in [-0.2, -0.15) is 0 Å². The molecule has 5 nitrogen and oxygen atoms in total. The average Bonchev–Trinajstić information content (AvgIpc) is 2.60. The van der Waals surface area contributed by atoms with Gasteiger partial charge in [-0.1, -0.05) is 36.0 Å². The second kappa shape index (κ2) is 7.11. The van der Waals surface area contributed by atoms with Crippen LogP contribution in [0.25, 0.3) is 10.9 Å². The van der Waals surface area contributed by atoms with E-state index in [2.05, 4.69) is 4.98 Å². The molecule has 25 heavy (non-hydrogen) atoms. The maximum absolute atomic E-state index is 12.8. The summed E-state index contributed by atoms with van der Waals surface area (Å²) in [7, 11) is 0. The van der Waals surface area contributed by atoms with Crippen LogP contribution < -0.4 is 11.3 Å². The minimum absolute atomic E-state index is 0.0179. The van der Waals surface area contributed by atoms with Crippen LogP contribution in [0.1, 0.15) is 35.8 Å². The number of hydrogen-bond acceptors (Lipinski definition) is 4. The van der Waals surface area contributed by atoms with Gasteiger partial charge in [-0.3, -0.25) is 14.2 Å². The molecule has 0 atom stereocenters. The fourth-order valence-electron chi connectivity index (χ4n) is 2.60. The van der Waals surface area contributed by atoms with E-state index in [4.69, 9.17) is 5.73 Å². The maximum Gasteiger partial charge on any atom is 0.262 e. The number of rotatable bonds is 5. The standard InChI is InChI=1S/C19H19N3O2S/c1-12(2)22-18(24)15-5-3-4-6-16(15)21-19(22)25-11-13-7-9-14(10-8-13)17(20)23/h3-10,12H,11H2,1-2H3,(H2,20,23). The van der Waals surface area contributed by atoms with Gasteiger partial charge in [0.2, 0.25) is 5.91 Å². The lowest BCUT2D eigenvalue weighted by atomic mass is 10.1. The minimum Gasteiger partial charge on any atom is -0.366 e. The molecule has 0 saturated heterocycles. The van der Waals surface area contributed by atoms with Gasteiger partial charge in [0.05, 0.1) is 10.9 Å². The zero-order valence-corrected chi connectivity index (χ0v) is 14.9. The quantitative estimate of drug-likeness (QED) is 0.563. The van der Waals surface area contributed by atoms with Gasteiger partial charge < -0.3 is 5.73 Å². The molecule has 1 amide bonds. The summed E-state index contributed by atoms with van der Waals surface area (Å²) in [4.78, 5) is 28.6. The molecule has 1 heterocycles. The largest absolute Gasteiger partial charge is 0.366 e. The molecule has 3 aromatic rings. The smallest absolute Gasteiger partial charge is 0.262 e. The summed E-state index contributed by atoms with van der Waals surface area (Å²) in [5.74, 6) is 0.209. The van der Waals surface area contributed by atoms with Crippen LogP contribution in [0.3, 0.4) is 0 Å². The summed E-state index contributed by atoms with van der Waals surface area (Å²) in [6.45, 7) is 3.95. The second-order valence-electron chi connectivity index (χ2n) is 6.03.